The average molecular weight is 503 g/mol. The molecule has 2 heterocycles. The van der Waals surface area contributed by atoms with Crippen LogP contribution in [0.5, 0.6) is 0 Å². The number of nitrogens with zero attached hydrogens (tertiary/aromatic N) is 4. The molecule has 0 bridgehead atoms. The van der Waals surface area contributed by atoms with Gasteiger partial charge in [-0.3, -0.25) is 9.40 Å². The molecule has 0 amide bonds. The van der Waals surface area contributed by atoms with Crippen molar-refractivity contribution in [2.75, 3.05) is 4.72 Å². The lowest BCUT2D eigenvalue weighted by Crippen LogP contribution is -2.14. The van der Waals surface area contributed by atoms with Crippen LogP contribution in [0.25, 0.3) is 11.0 Å². The van der Waals surface area contributed by atoms with Crippen LogP contribution in [0, 0.1) is 0 Å². The normalized spacial score (nSPS) is 11.8. The molecule has 0 fully saturated rings. The molecule has 0 spiro atoms. The first-order chi connectivity index (χ1) is 13.3. The third-order valence-corrected chi connectivity index (χ3v) is 6.51. The second-order valence-electron chi connectivity index (χ2n) is 5.77. The van der Waals surface area contributed by atoms with Gasteiger partial charge in [-0.2, -0.15) is 5.10 Å². The van der Waals surface area contributed by atoms with Gasteiger partial charge in [0.25, 0.3) is 10.0 Å². The zero-order chi connectivity index (χ0) is 19.9. The summed E-state index contributed by atoms with van der Waals surface area (Å²) in [7, 11) is -3.96. The van der Waals surface area contributed by atoms with Crippen LogP contribution in [0.3, 0.4) is 0 Å². The SMILES string of the molecule is O=S(=O)(Nc1nn(Cc2ccc(Cl)c(Cl)c2)cc1Br)c1cccc2nonc12. The number of fused-ring (bicyclic) bond motifs is 1. The van der Waals surface area contributed by atoms with Crippen molar-refractivity contribution in [1.29, 1.82) is 0 Å². The van der Waals surface area contributed by atoms with Crippen molar-refractivity contribution in [3.63, 3.8) is 0 Å². The van der Waals surface area contributed by atoms with Gasteiger partial charge in [-0.25, -0.2) is 13.0 Å². The van der Waals surface area contributed by atoms with E-state index >= 15 is 0 Å². The van der Waals surface area contributed by atoms with Gasteiger partial charge in [-0.1, -0.05) is 35.3 Å². The van der Waals surface area contributed by atoms with Crippen molar-refractivity contribution in [1.82, 2.24) is 20.1 Å². The summed E-state index contributed by atoms with van der Waals surface area (Å²) in [5.74, 6) is 0.133. The van der Waals surface area contributed by atoms with Gasteiger partial charge < -0.3 is 0 Å². The number of aromatic nitrogens is 4. The second kappa shape index (κ2) is 7.36. The molecule has 0 saturated heterocycles. The first-order valence-corrected chi connectivity index (χ1v) is 10.8. The van der Waals surface area contributed by atoms with Crippen LogP contribution in [-0.2, 0) is 16.6 Å². The number of hydrogen-bond donors (Lipinski definition) is 1. The van der Waals surface area contributed by atoms with Crippen molar-refractivity contribution in [3.05, 3.63) is 62.7 Å². The minimum Gasteiger partial charge on any atom is -0.265 e. The predicted molar refractivity (Wildman–Crippen MR) is 108 cm³/mol. The first kappa shape index (κ1) is 19.2. The van der Waals surface area contributed by atoms with Gasteiger partial charge in [0.05, 0.1) is 21.1 Å². The van der Waals surface area contributed by atoms with Crippen molar-refractivity contribution in [2.24, 2.45) is 0 Å². The van der Waals surface area contributed by atoms with E-state index < -0.39 is 10.0 Å². The number of anilines is 1. The summed E-state index contributed by atoms with van der Waals surface area (Å²) in [5, 5.41) is 12.5. The highest BCUT2D eigenvalue weighted by Crippen LogP contribution is 2.27. The lowest BCUT2D eigenvalue weighted by Gasteiger charge is -2.06. The summed E-state index contributed by atoms with van der Waals surface area (Å²) in [5.41, 5.74) is 1.34. The molecule has 0 atom stereocenters. The van der Waals surface area contributed by atoms with Gasteiger partial charge >= 0.3 is 0 Å². The second-order valence-corrected chi connectivity index (χ2v) is 9.08. The number of benzene rings is 2. The molecule has 12 heteroatoms. The quantitative estimate of drug-likeness (QED) is 0.435. The molecule has 2 aromatic carbocycles. The van der Waals surface area contributed by atoms with Crippen LogP contribution < -0.4 is 4.72 Å². The molecular weight excluding hydrogens is 493 g/mol. The molecule has 4 aromatic rings. The molecule has 0 aliphatic heterocycles. The molecule has 28 heavy (non-hydrogen) atoms. The standard InChI is InChI=1S/C16H10BrCl2N5O3S/c17-10-8-24(7-9-4-5-11(18)12(19)6-9)20-16(10)23-28(25,26)14-3-1-2-13-15(14)22-27-21-13/h1-6,8H,7H2,(H,20,23). The van der Waals surface area contributed by atoms with Crippen molar-refractivity contribution < 1.29 is 13.0 Å². The van der Waals surface area contributed by atoms with Gasteiger partial charge in [-0.15, -0.1) is 0 Å². The Morgan fingerprint density at radius 3 is 2.75 bits per heavy atom. The molecule has 0 saturated carbocycles. The van der Waals surface area contributed by atoms with Crippen LogP contribution >= 0.6 is 39.1 Å². The van der Waals surface area contributed by atoms with Crippen LogP contribution in [0.4, 0.5) is 5.82 Å². The third kappa shape index (κ3) is 3.72. The van der Waals surface area contributed by atoms with E-state index in [9.17, 15) is 8.42 Å². The lowest BCUT2D eigenvalue weighted by atomic mass is 10.2. The van der Waals surface area contributed by atoms with E-state index in [2.05, 4.69) is 40.7 Å². The Labute approximate surface area is 177 Å². The predicted octanol–water partition coefficient (Wildman–Crippen LogP) is 4.34. The fraction of sp³-hybridized carbons (Fsp3) is 0.0625. The molecule has 0 aliphatic carbocycles. The van der Waals surface area contributed by atoms with Gasteiger partial charge in [-0.05, 0) is 56.1 Å². The highest BCUT2D eigenvalue weighted by molar-refractivity contribution is 9.10. The Morgan fingerprint density at radius 1 is 1.14 bits per heavy atom. The summed E-state index contributed by atoms with van der Waals surface area (Å²) in [4.78, 5) is -0.0582. The smallest absolute Gasteiger partial charge is 0.265 e. The summed E-state index contributed by atoms with van der Waals surface area (Å²) in [6.07, 6.45) is 1.65. The highest BCUT2D eigenvalue weighted by Gasteiger charge is 2.22. The van der Waals surface area contributed by atoms with Gasteiger partial charge in [0.2, 0.25) is 0 Å². The largest absolute Gasteiger partial charge is 0.265 e. The average Bonchev–Trinajstić information content (AvgIpc) is 3.24. The zero-order valence-electron chi connectivity index (χ0n) is 13.8. The van der Waals surface area contributed by atoms with E-state index in [0.29, 0.717) is 26.6 Å². The van der Waals surface area contributed by atoms with Crippen molar-refractivity contribution >= 4 is 66.0 Å². The number of hydrogen-bond acceptors (Lipinski definition) is 6. The summed E-state index contributed by atoms with van der Waals surface area (Å²) >= 11 is 15.3. The number of rotatable bonds is 5. The van der Waals surface area contributed by atoms with Gasteiger partial charge in [0.1, 0.15) is 10.4 Å². The van der Waals surface area contributed by atoms with Crippen LogP contribution in [0.15, 0.2) is 56.6 Å². The molecule has 0 unspecified atom stereocenters. The Balaban J connectivity index is 1.61. The van der Waals surface area contributed by atoms with Crippen molar-refractivity contribution in [3.8, 4) is 0 Å². The topological polar surface area (TPSA) is 103 Å². The van der Waals surface area contributed by atoms with E-state index in [1.165, 1.54) is 6.07 Å². The lowest BCUT2D eigenvalue weighted by molar-refractivity contribution is 0.315. The zero-order valence-corrected chi connectivity index (χ0v) is 17.7. The van der Waals surface area contributed by atoms with Crippen LogP contribution in [0.1, 0.15) is 5.56 Å². The fourth-order valence-electron chi connectivity index (χ4n) is 2.55. The molecule has 144 valence electrons. The Kier molecular flexibility index (Phi) is 5.04. The third-order valence-electron chi connectivity index (χ3n) is 3.82. The summed E-state index contributed by atoms with van der Waals surface area (Å²) < 4.78 is 34.7. The number of halogens is 3. The van der Waals surface area contributed by atoms with E-state index in [1.54, 1.807) is 35.1 Å². The molecule has 4 rings (SSSR count). The number of sulfonamides is 1. The van der Waals surface area contributed by atoms with Crippen molar-refractivity contribution in [2.45, 2.75) is 11.4 Å². The monoisotopic (exact) mass is 501 g/mol. The number of nitrogens with one attached hydrogen (secondary N) is 1. The van der Waals surface area contributed by atoms with Crippen LogP contribution in [0.2, 0.25) is 10.0 Å². The van der Waals surface area contributed by atoms with Gasteiger partial charge in [0.15, 0.2) is 11.3 Å². The summed E-state index contributed by atoms with van der Waals surface area (Å²) in [6.45, 7) is 0.375. The molecular formula is C16H10BrCl2N5O3S. The first-order valence-electron chi connectivity index (χ1n) is 7.74. The molecule has 0 radical (unpaired) electrons. The minimum absolute atomic E-state index is 0.0582. The molecule has 8 nitrogen and oxygen atoms in total. The molecule has 0 aliphatic rings. The molecule has 2 aromatic heterocycles. The highest BCUT2D eigenvalue weighted by atomic mass is 79.9. The van der Waals surface area contributed by atoms with E-state index in [0.717, 1.165) is 5.56 Å². The van der Waals surface area contributed by atoms with Gasteiger partial charge in [0, 0.05) is 6.20 Å². The molecule has 1 N–H and O–H groups in total. The maximum Gasteiger partial charge on any atom is 0.265 e. The van der Waals surface area contributed by atoms with E-state index in [-0.39, 0.29) is 16.2 Å². The van der Waals surface area contributed by atoms with E-state index in [4.69, 9.17) is 23.2 Å². The fourth-order valence-corrected chi connectivity index (χ4v) is 4.59. The minimum atomic E-state index is -3.96. The maximum atomic E-state index is 12.8. The van der Waals surface area contributed by atoms with Crippen LogP contribution in [-0.4, -0.2) is 28.5 Å². The Morgan fingerprint density at radius 2 is 1.96 bits per heavy atom. The van der Waals surface area contributed by atoms with E-state index in [1.807, 2.05) is 6.07 Å². The summed E-state index contributed by atoms with van der Waals surface area (Å²) in [6, 6.07) is 9.79. The Bertz CT molecular complexity index is 1290. The maximum absolute atomic E-state index is 12.8. The Hall–Kier alpha value is -2.14.